The van der Waals surface area contributed by atoms with Crippen LogP contribution in [0.3, 0.4) is 0 Å². The smallest absolute Gasteiger partial charge is 0.0932 e. The fourth-order valence-corrected chi connectivity index (χ4v) is 1.85. The quantitative estimate of drug-likeness (QED) is 0.767. The Labute approximate surface area is 74.1 Å². The zero-order valence-corrected chi connectivity index (χ0v) is 7.40. The molecule has 0 bridgehead atoms. The largest absolute Gasteiger partial charge is 0.396 e. The number of aliphatic hydroxyl groups is 2. The van der Waals surface area contributed by atoms with E-state index >= 15 is 0 Å². The predicted octanol–water partition coefficient (Wildman–Crippen LogP) is 1.82. The maximum Gasteiger partial charge on any atom is 0.0932 e. The van der Waals surface area contributed by atoms with Crippen LogP contribution in [0.15, 0.2) is 12.1 Å². The van der Waals surface area contributed by atoms with Gasteiger partial charge >= 0.3 is 0 Å². The van der Waals surface area contributed by atoms with Crippen molar-refractivity contribution < 1.29 is 10.2 Å². The van der Waals surface area contributed by atoms with Crippen LogP contribution in [0.4, 0.5) is 0 Å². The summed E-state index contributed by atoms with van der Waals surface area (Å²) < 4.78 is 0.664. The molecule has 2 nitrogen and oxygen atoms in total. The molecule has 0 spiro atoms. The molecular formula is C7H9ClO2S. The summed E-state index contributed by atoms with van der Waals surface area (Å²) in [6, 6.07) is 3.51. The fraction of sp³-hybridized carbons (Fsp3) is 0.429. The molecule has 62 valence electrons. The minimum atomic E-state index is -0.572. The van der Waals surface area contributed by atoms with Crippen LogP contribution < -0.4 is 0 Å². The summed E-state index contributed by atoms with van der Waals surface area (Å²) in [5, 5.41) is 17.8. The van der Waals surface area contributed by atoms with Crippen LogP contribution in [-0.4, -0.2) is 16.8 Å². The molecule has 0 aliphatic rings. The highest BCUT2D eigenvalue weighted by molar-refractivity contribution is 7.16. The molecule has 0 saturated carbocycles. The Morgan fingerprint density at radius 3 is 2.73 bits per heavy atom. The van der Waals surface area contributed by atoms with E-state index in [-0.39, 0.29) is 6.61 Å². The van der Waals surface area contributed by atoms with E-state index in [1.165, 1.54) is 11.3 Å². The van der Waals surface area contributed by atoms with Crippen LogP contribution >= 0.6 is 22.9 Å². The highest BCUT2D eigenvalue weighted by atomic mass is 35.5. The van der Waals surface area contributed by atoms with Gasteiger partial charge in [0.15, 0.2) is 0 Å². The average Bonchev–Trinajstić information content (AvgIpc) is 2.36. The third-order valence-electron chi connectivity index (χ3n) is 1.32. The lowest BCUT2D eigenvalue weighted by atomic mass is 10.2. The maximum absolute atomic E-state index is 9.33. The van der Waals surface area contributed by atoms with Gasteiger partial charge in [0.1, 0.15) is 0 Å². The molecule has 0 fully saturated rings. The Balaban J connectivity index is 2.60. The molecule has 0 aliphatic carbocycles. The Kier molecular flexibility index (Phi) is 3.33. The summed E-state index contributed by atoms with van der Waals surface area (Å²) in [5.74, 6) is 0. The first-order valence-corrected chi connectivity index (χ1v) is 4.47. The van der Waals surface area contributed by atoms with Crippen molar-refractivity contribution >= 4 is 22.9 Å². The van der Waals surface area contributed by atoms with E-state index in [9.17, 15) is 5.11 Å². The molecule has 1 aromatic heterocycles. The van der Waals surface area contributed by atoms with Crippen molar-refractivity contribution in [3.8, 4) is 0 Å². The summed E-state index contributed by atoms with van der Waals surface area (Å²) in [5.41, 5.74) is 0. The second-order valence-corrected chi connectivity index (χ2v) is 3.92. The highest BCUT2D eigenvalue weighted by Gasteiger charge is 2.08. The number of rotatable bonds is 3. The normalized spacial score (nSPS) is 13.4. The lowest BCUT2D eigenvalue weighted by Crippen LogP contribution is -1.96. The molecule has 1 atom stereocenters. The molecule has 0 radical (unpaired) electrons. The van der Waals surface area contributed by atoms with Crippen LogP contribution in [0.25, 0.3) is 0 Å². The van der Waals surface area contributed by atoms with Crippen LogP contribution in [0.5, 0.6) is 0 Å². The maximum atomic E-state index is 9.33. The van der Waals surface area contributed by atoms with Crippen molar-refractivity contribution in [1.82, 2.24) is 0 Å². The summed E-state index contributed by atoms with van der Waals surface area (Å²) in [6.45, 7) is -0.00329. The Morgan fingerprint density at radius 2 is 2.27 bits per heavy atom. The first-order chi connectivity index (χ1) is 5.24. The van der Waals surface area contributed by atoms with Gasteiger partial charge in [-0.15, -0.1) is 11.3 Å². The molecular weight excluding hydrogens is 184 g/mol. The highest BCUT2D eigenvalue weighted by Crippen LogP contribution is 2.28. The topological polar surface area (TPSA) is 40.5 Å². The number of thiophene rings is 1. The van der Waals surface area contributed by atoms with Crippen molar-refractivity contribution in [2.24, 2.45) is 0 Å². The first kappa shape index (κ1) is 9.00. The van der Waals surface area contributed by atoms with E-state index in [0.717, 1.165) is 4.88 Å². The molecule has 2 N–H and O–H groups in total. The standard InChI is InChI=1S/C7H9ClO2S/c8-7-2-1-6(11-7)5(10)3-4-9/h1-2,5,9-10H,3-4H2. The summed E-state index contributed by atoms with van der Waals surface area (Å²) in [6.07, 6.45) is -0.200. The van der Waals surface area contributed by atoms with Gasteiger partial charge in [-0.3, -0.25) is 0 Å². The molecule has 11 heavy (non-hydrogen) atoms. The minimum absolute atomic E-state index is 0.00329. The van der Waals surface area contributed by atoms with E-state index in [1.807, 2.05) is 0 Å². The van der Waals surface area contributed by atoms with Gasteiger partial charge in [-0.1, -0.05) is 11.6 Å². The molecule has 4 heteroatoms. The monoisotopic (exact) mass is 192 g/mol. The van der Waals surface area contributed by atoms with Gasteiger partial charge in [0.25, 0.3) is 0 Å². The Bertz CT molecular complexity index is 224. The van der Waals surface area contributed by atoms with Crippen molar-refractivity contribution in [1.29, 1.82) is 0 Å². The van der Waals surface area contributed by atoms with Crippen LogP contribution in [0, 0.1) is 0 Å². The summed E-state index contributed by atoms with van der Waals surface area (Å²) in [4.78, 5) is 0.809. The third-order valence-corrected chi connectivity index (χ3v) is 2.66. The van der Waals surface area contributed by atoms with E-state index in [4.69, 9.17) is 16.7 Å². The SMILES string of the molecule is OCCC(O)c1ccc(Cl)s1. The second-order valence-electron chi connectivity index (χ2n) is 2.17. The molecule has 0 aliphatic heterocycles. The van der Waals surface area contributed by atoms with Crippen LogP contribution in [-0.2, 0) is 0 Å². The van der Waals surface area contributed by atoms with E-state index in [1.54, 1.807) is 12.1 Å². The van der Waals surface area contributed by atoms with Gasteiger partial charge in [0.05, 0.1) is 10.4 Å². The van der Waals surface area contributed by atoms with Crippen molar-refractivity contribution in [2.45, 2.75) is 12.5 Å². The van der Waals surface area contributed by atoms with Gasteiger partial charge in [-0.2, -0.15) is 0 Å². The van der Waals surface area contributed by atoms with E-state index in [2.05, 4.69) is 0 Å². The summed E-state index contributed by atoms with van der Waals surface area (Å²) in [7, 11) is 0. The van der Waals surface area contributed by atoms with Gasteiger partial charge in [0, 0.05) is 17.9 Å². The van der Waals surface area contributed by atoms with Crippen molar-refractivity contribution in [3.05, 3.63) is 21.3 Å². The number of hydrogen-bond acceptors (Lipinski definition) is 3. The fourth-order valence-electron chi connectivity index (χ4n) is 0.772. The van der Waals surface area contributed by atoms with Gasteiger partial charge in [-0.05, 0) is 12.1 Å². The molecule has 0 amide bonds. The molecule has 1 aromatic rings. The number of aliphatic hydroxyl groups excluding tert-OH is 2. The summed E-state index contributed by atoms with van der Waals surface area (Å²) >= 11 is 6.99. The Morgan fingerprint density at radius 1 is 1.55 bits per heavy atom. The van der Waals surface area contributed by atoms with Gasteiger partial charge < -0.3 is 10.2 Å². The minimum Gasteiger partial charge on any atom is -0.396 e. The molecule has 1 unspecified atom stereocenters. The Hall–Kier alpha value is -0.0900. The lowest BCUT2D eigenvalue weighted by Gasteiger charge is -2.03. The predicted molar refractivity (Wildman–Crippen MR) is 46.0 cm³/mol. The second kappa shape index (κ2) is 4.07. The van der Waals surface area contributed by atoms with Crippen molar-refractivity contribution in [2.75, 3.05) is 6.61 Å². The molecule has 0 saturated heterocycles. The van der Waals surface area contributed by atoms with Crippen molar-refractivity contribution in [3.63, 3.8) is 0 Å². The zero-order valence-electron chi connectivity index (χ0n) is 5.83. The number of hydrogen-bond donors (Lipinski definition) is 2. The van der Waals surface area contributed by atoms with Crippen LogP contribution in [0.2, 0.25) is 4.34 Å². The first-order valence-electron chi connectivity index (χ1n) is 3.28. The molecule has 1 heterocycles. The van der Waals surface area contributed by atoms with Crippen LogP contribution in [0.1, 0.15) is 17.4 Å². The number of halogens is 1. The van der Waals surface area contributed by atoms with E-state index < -0.39 is 6.10 Å². The lowest BCUT2D eigenvalue weighted by molar-refractivity contribution is 0.137. The third kappa shape index (κ3) is 2.45. The van der Waals surface area contributed by atoms with E-state index in [0.29, 0.717) is 10.8 Å². The molecule has 1 rings (SSSR count). The zero-order chi connectivity index (χ0) is 8.27. The van der Waals surface area contributed by atoms with Gasteiger partial charge in [0.2, 0.25) is 0 Å². The molecule has 0 aromatic carbocycles. The average molecular weight is 193 g/mol. The van der Waals surface area contributed by atoms with Gasteiger partial charge in [-0.25, -0.2) is 0 Å².